The summed E-state index contributed by atoms with van der Waals surface area (Å²) in [6, 6.07) is 7.10. The van der Waals surface area contributed by atoms with Crippen LogP contribution in [0.2, 0.25) is 0 Å². The summed E-state index contributed by atoms with van der Waals surface area (Å²) in [6.45, 7) is 26.2. The van der Waals surface area contributed by atoms with Crippen LogP contribution in [0, 0.1) is 0 Å². The summed E-state index contributed by atoms with van der Waals surface area (Å²) in [5, 5.41) is 1.68. The zero-order chi connectivity index (χ0) is 37.6. The number of aliphatic imine (C=N–C) groups is 2. The molecule has 0 amide bonds. The third-order valence-electron chi connectivity index (χ3n) is 8.28. The smallest absolute Gasteiger partial charge is 0.406 e. The average molecular weight is 694 g/mol. The predicted octanol–water partition coefficient (Wildman–Crippen LogP) is 8.86. The van der Waals surface area contributed by atoms with E-state index in [9.17, 15) is 13.2 Å². The Morgan fingerprint density at radius 1 is 1.02 bits per heavy atom. The van der Waals surface area contributed by atoms with Gasteiger partial charge in [-0.1, -0.05) is 85.6 Å². The van der Waals surface area contributed by atoms with Crippen LogP contribution in [-0.4, -0.2) is 79.0 Å². The summed E-state index contributed by atoms with van der Waals surface area (Å²) < 4.78 is 38.8. The van der Waals surface area contributed by atoms with Crippen LogP contribution < -0.4 is 16.3 Å². The summed E-state index contributed by atoms with van der Waals surface area (Å²) >= 11 is 0. The fraction of sp³-hybridized carbons (Fsp3) is 0.632. The Balaban J connectivity index is 0.00000104. The molecule has 0 radical (unpaired) electrons. The Hall–Kier alpha value is -3.31. The summed E-state index contributed by atoms with van der Waals surface area (Å²) in [7, 11) is 3.54. The molecule has 280 valence electrons. The molecule has 1 atom stereocenters. The van der Waals surface area contributed by atoms with Gasteiger partial charge < -0.3 is 20.4 Å². The number of allylic oxidation sites excluding steroid dienone is 3. The van der Waals surface area contributed by atoms with E-state index >= 15 is 0 Å². The largest absolute Gasteiger partial charge is 0.573 e. The molecule has 4 N–H and O–H groups in total. The highest BCUT2D eigenvalue weighted by atomic mass is 19.4. The van der Waals surface area contributed by atoms with Crippen LogP contribution in [0.5, 0.6) is 5.75 Å². The van der Waals surface area contributed by atoms with Crippen molar-refractivity contribution in [2.45, 2.75) is 125 Å². The summed E-state index contributed by atoms with van der Waals surface area (Å²) in [5.74, 6) is 7.54. The lowest BCUT2D eigenvalue weighted by molar-refractivity contribution is -0.274. The van der Waals surface area contributed by atoms with E-state index in [0.717, 1.165) is 67.1 Å². The first-order chi connectivity index (χ1) is 23.1. The van der Waals surface area contributed by atoms with Crippen LogP contribution >= 0.6 is 0 Å². The van der Waals surface area contributed by atoms with Crippen molar-refractivity contribution in [2.75, 3.05) is 33.7 Å². The van der Waals surface area contributed by atoms with Gasteiger partial charge in [0.25, 0.3) is 0 Å². The minimum absolute atomic E-state index is 0.176. The lowest BCUT2D eigenvalue weighted by atomic mass is 9.98. The Morgan fingerprint density at radius 2 is 1.59 bits per heavy atom. The molecule has 49 heavy (non-hydrogen) atoms. The van der Waals surface area contributed by atoms with Gasteiger partial charge in [0.1, 0.15) is 11.6 Å². The molecule has 1 aromatic rings. The zero-order valence-electron chi connectivity index (χ0n) is 31.9. The summed E-state index contributed by atoms with van der Waals surface area (Å²) in [6.07, 6.45) is 7.58. The van der Waals surface area contributed by atoms with Crippen LogP contribution in [0.25, 0.3) is 0 Å². The minimum Gasteiger partial charge on any atom is -0.406 e. The quantitative estimate of drug-likeness (QED) is 0.0591. The van der Waals surface area contributed by atoms with E-state index in [4.69, 9.17) is 16.6 Å². The number of rotatable bonds is 16. The van der Waals surface area contributed by atoms with Gasteiger partial charge in [0.05, 0.1) is 11.5 Å². The normalized spacial score (nSPS) is 16.0. The van der Waals surface area contributed by atoms with Crippen molar-refractivity contribution in [3.8, 4) is 5.75 Å². The standard InChI is InChI=1S/C26H49N5.C9H9F3O.C3H8N2/c1-9-13-21(5)22(6)19-28-26(23(7)29(8)27)30-17-18-31(25(20-30)16-12-4)24(14-10-2)15-11-3;1-2-7-3-5-8(6-4-7)13-9(10,11)12;1-3(4)5-2/h19,24-25H,5-6,9-18,20,27H2,1-4,7-8H3;3-6H,2H2,1H3;1-2H3,(H2,4,5)/b26-23-,28-19-;;. The monoisotopic (exact) mass is 694 g/mol. The fourth-order valence-corrected chi connectivity index (χ4v) is 5.46. The van der Waals surface area contributed by atoms with Crippen LogP contribution in [-0.2, 0) is 6.42 Å². The maximum Gasteiger partial charge on any atom is 0.573 e. The molecule has 0 spiro atoms. The highest BCUT2D eigenvalue weighted by molar-refractivity contribution is 5.84. The topological polar surface area (TPSA) is 95.7 Å². The lowest BCUT2D eigenvalue weighted by Gasteiger charge is -2.46. The molecule has 2 rings (SSSR count). The van der Waals surface area contributed by atoms with Crippen molar-refractivity contribution in [3.05, 3.63) is 65.7 Å². The Bertz CT molecular complexity index is 1170. The van der Waals surface area contributed by atoms with Gasteiger partial charge in [0, 0.05) is 52.0 Å². The van der Waals surface area contributed by atoms with Gasteiger partial charge in [-0.2, -0.15) is 0 Å². The summed E-state index contributed by atoms with van der Waals surface area (Å²) in [4.78, 5) is 13.7. The van der Waals surface area contributed by atoms with Crippen LogP contribution in [0.15, 0.2) is 70.1 Å². The second-order valence-electron chi connectivity index (χ2n) is 12.4. The van der Waals surface area contributed by atoms with Crippen molar-refractivity contribution < 1.29 is 17.9 Å². The molecular weight excluding hydrogens is 627 g/mol. The van der Waals surface area contributed by atoms with Crippen LogP contribution in [0.1, 0.15) is 105 Å². The first-order valence-corrected chi connectivity index (χ1v) is 17.7. The van der Waals surface area contributed by atoms with E-state index in [1.165, 1.54) is 50.7 Å². The number of hydrogen-bond donors (Lipinski definition) is 2. The molecule has 1 heterocycles. The molecule has 1 saturated heterocycles. The SMILES string of the molecule is C=C(/C=N\C(=C(/C)N(C)N)N1CCN(C(CCC)CCC)C(CCC)C1)C(=C)CCC.CCc1ccc(OC(F)(F)F)cc1.CN=C(C)N. The molecule has 1 unspecified atom stereocenters. The second kappa shape index (κ2) is 24.8. The predicted molar refractivity (Wildman–Crippen MR) is 203 cm³/mol. The van der Waals surface area contributed by atoms with Gasteiger partial charge in [-0.05, 0) is 74.8 Å². The van der Waals surface area contributed by atoms with E-state index in [1.807, 2.05) is 20.2 Å². The van der Waals surface area contributed by atoms with E-state index < -0.39 is 6.36 Å². The first kappa shape index (κ1) is 45.7. The van der Waals surface area contributed by atoms with Crippen molar-refractivity contribution in [3.63, 3.8) is 0 Å². The molecule has 11 heteroatoms. The molecule has 1 aliphatic heterocycles. The number of nitrogens with zero attached hydrogens (tertiary/aromatic N) is 5. The van der Waals surface area contributed by atoms with Crippen molar-refractivity contribution in [2.24, 2.45) is 21.6 Å². The van der Waals surface area contributed by atoms with Crippen molar-refractivity contribution >= 4 is 12.1 Å². The van der Waals surface area contributed by atoms with Crippen molar-refractivity contribution in [1.82, 2.24) is 14.8 Å². The molecule has 0 aromatic heterocycles. The first-order valence-electron chi connectivity index (χ1n) is 17.7. The molecule has 0 bridgehead atoms. The number of hydrazine groups is 1. The molecule has 1 fully saturated rings. The highest BCUT2D eigenvalue weighted by Crippen LogP contribution is 2.27. The van der Waals surface area contributed by atoms with Gasteiger partial charge in [-0.15, -0.1) is 13.2 Å². The van der Waals surface area contributed by atoms with Gasteiger partial charge >= 0.3 is 6.36 Å². The maximum atomic E-state index is 11.7. The van der Waals surface area contributed by atoms with Gasteiger partial charge in [0.15, 0.2) is 0 Å². The highest BCUT2D eigenvalue weighted by Gasteiger charge is 2.32. The van der Waals surface area contributed by atoms with Crippen molar-refractivity contribution in [1.29, 1.82) is 0 Å². The minimum atomic E-state index is -4.60. The number of benzene rings is 1. The lowest BCUT2D eigenvalue weighted by Crippen LogP contribution is -2.56. The number of amidine groups is 1. The molecule has 1 aliphatic rings. The van der Waals surface area contributed by atoms with Crippen LogP contribution in [0.4, 0.5) is 13.2 Å². The number of halogens is 3. The molecular formula is C38H66F3N7O. The number of ether oxygens (including phenoxy) is 1. The Kier molecular flexibility index (Phi) is 23.1. The number of piperazine rings is 1. The Morgan fingerprint density at radius 3 is 2.02 bits per heavy atom. The van der Waals surface area contributed by atoms with Crippen LogP contribution in [0.3, 0.4) is 0 Å². The van der Waals surface area contributed by atoms with E-state index in [0.29, 0.717) is 17.9 Å². The van der Waals surface area contributed by atoms with Gasteiger partial charge in [0.2, 0.25) is 0 Å². The molecule has 0 saturated carbocycles. The van der Waals surface area contributed by atoms with E-state index in [2.05, 4.69) is 67.3 Å². The van der Waals surface area contributed by atoms with Gasteiger partial charge in [-0.25, -0.2) is 10.8 Å². The van der Waals surface area contributed by atoms with E-state index in [1.54, 1.807) is 31.1 Å². The third-order valence-corrected chi connectivity index (χ3v) is 8.28. The second-order valence-corrected chi connectivity index (χ2v) is 12.4. The third kappa shape index (κ3) is 18.9. The molecule has 1 aromatic carbocycles. The summed E-state index contributed by atoms with van der Waals surface area (Å²) in [5.41, 5.74) is 8.96. The van der Waals surface area contributed by atoms with E-state index in [-0.39, 0.29) is 5.75 Å². The number of aryl methyl sites for hydroxylation is 1. The number of alkyl halides is 3. The average Bonchev–Trinajstić information content (AvgIpc) is 3.05. The fourth-order valence-electron chi connectivity index (χ4n) is 5.46. The number of hydrogen-bond acceptors (Lipinski definition) is 7. The maximum absolute atomic E-state index is 11.7. The molecule has 8 nitrogen and oxygen atoms in total. The van der Waals surface area contributed by atoms with Gasteiger partial charge in [-0.3, -0.25) is 9.89 Å². The zero-order valence-corrected chi connectivity index (χ0v) is 31.9. The number of nitrogens with two attached hydrogens (primary N) is 2. The Labute approximate surface area is 295 Å². The molecule has 0 aliphatic carbocycles.